The molecule has 0 aliphatic carbocycles. The normalized spacial score (nSPS) is 20.4. The van der Waals surface area contributed by atoms with Crippen LogP contribution in [0, 0.1) is 0 Å². The number of nitrogens with zero attached hydrogens (tertiary/aromatic N) is 2. The number of benzene rings is 1. The second kappa shape index (κ2) is 10.8. The Morgan fingerprint density at radius 3 is 2.85 bits per heavy atom. The van der Waals surface area contributed by atoms with E-state index in [0.717, 1.165) is 88.4 Å². The van der Waals surface area contributed by atoms with E-state index in [0.29, 0.717) is 0 Å². The predicted octanol–water partition coefficient (Wildman–Crippen LogP) is 1.88. The summed E-state index contributed by atoms with van der Waals surface area (Å²) in [6.45, 7) is 7.81. The Bertz CT molecular complexity index is 590. The Balaban J connectivity index is 1.60. The molecule has 1 atom stereocenters. The van der Waals surface area contributed by atoms with Crippen LogP contribution >= 0.6 is 12.2 Å². The molecule has 0 amide bonds. The number of hydrogen-bond acceptors (Lipinski definition) is 5. The van der Waals surface area contributed by atoms with Crippen LogP contribution in [0.1, 0.15) is 18.4 Å². The van der Waals surface area contributed by atoms with Crippen LogP contribution in [0.4, 0.5) is 0 Å². The summed E-state index contributed by atoms with van der Waals surface area (Å²) in [4.78, 5) is 4.67. The molecule has 150 valence electrons. The molecule has 1 aromatic carbocycles. The van der Waals surface area contributed by atoms with Gasteiger partial charge in [0.25, 0.3) is 0 Å². The van der Waals surface area contributed by atoms with Crippen molar-refractivity contribution in [1.29, 1.82) is 0 Å². The molecular formula is C20H31N3O3S. The SMILES string of the molecule is COc1ccccc1CN(CCN1CCOCC1)C(=S)NCC1CCCO1. The largest absolute Gasteiger partial charge is 0.496 e. The summed E-state index contributed by atoms with van der Waals surface area (Å²) in [5, 5.41) is 4.20. The molecule has 2 fully saturated rings. The molecule has 6 nitrogen and oxygen atoms in total. The molecule has 1 aromatic rings. The smallest absolute Gasteiger partial charge is 0.169 e. The maximum atomic E-state index is 5.73. The lowest BCUT2D eigenvalue weighted by Gasteiger charge is -2.32. The summed E-state index contributed by atoms with van der Waals surface area (Å²) in [5.74, 6) is 0.899. The highest BCUT2D eigenvalue weighted by Crippen LogP contribution is 2.19. The summed E-state index contributed by atoms with van der Waals surface area (Å²) in [5.41, 5.74) is 1.14. The van der Waals surface area contributed by atoms with E-state index in [1.165, 1.54) is 0 Å². The standard InChI is InChI=1S/C20H31N3O3S/c1-24-19-7-3-2-5-17(19)16-23(9-8-22-10-13-25-14-11-22)20(27)21-15-18-6-4-12-26-18/h2-3,5,7,18H,4,6,8-16H2,1H3,(H,21,27). The van der Waals surface area contributed by atoms with E-state index in [-0.39, 0.29) is 6.10 Å². The van der Waals surface area contributed by atoms with Crippen LogP contribution in [0.2, 0.25) is 0 Å². The molecule has 0 radical (unpaired) electrons. The molecule has 0 spiro atoms. The first kappa shape index (κ1) is 20.3. The van der Waals surface area contributed by atoms with Gasteiger partial charge in [-0.25, -0.2) is 0 Å². The van der Waals surface area contributed by atoms with Crippen molar-refractivity contribution < 1.29 is 14.2 Å². The van der Waals surface area contributed by atoms with Gasteiger partial charge >= 0.3 is 0 Å². The summed E-state index contributed by atoms with van der Waals surface area (Å²) >= 11 is 5.73. The number of morpholine rings is 1. The summed E-state index contributed by atoms with van der Waals surface area (Å²) in [6.07, 6.45) is 2.52. The van der Waals surface area contributed by atoms with Gasteiger partial charge in [0.15, 0.2) is 5.11 Å². The van der Waals surface area contributed by atoms with Crippen LogP contribution in [0.15, 0.2) is 24.3 Å². The molecule has 27 heavy (non-hydrogen) atoms. The first-order chi connectivity index (χ1) is 13.3. The number of rotatable bonds is 8. The zero-order valence-corrected chi connectivity index (χ0v) is 17.0. The molecule has 1 N–H and O–H groups in total. The van der Waals surface area contributed by atoms with E-state index >= 15 is 0 Å². The monoisotopic (exact) mass is 393 g/mol. The van der Waals surface area contributed by atoms with Gasteiger partial charge in [-0.05, 0) is 31.1 Å². The maximum absolute atomic E-state index is 5.73. The summed E-state index contributed by atoms with van der Waals surface area (Å²) in [6, 6.07) is 8.14. The quantitative estimate of drug-likeness (QED) is 0.677. The highest BCUT2D eigenvalue weighted by atomic mass is 32.1. The Labute approximate surface area is 167 Å². The lowest BCUT2D eigenvalue weighted by Crippen LogP contribution is -2.47. The van der Waals surface area contributed by atoms with Crippen molar-refractivity contribution in [1.82, 2.24) is 15.1 Å². The zero-order chi connectivity index (χ0) is 18.9. The van der Waals surface area contributed by atoms with Crippen LogP contribution in [0.5, 0.6) is 5.75 Å². The fourth-order valence-electron chi connectivity index (χ4n) is 3.50. The average molecular weight is 394 g/mol. The summed E-state index contributed by atoms with van der Waals surface area (Å²) < 4.78 is 16.7. The number of para-hydroxylation sites is 1. The van der Waals surface area contributed by atoms with E-state index in [9.17, 15) is 0 Å². The van der Waals surface area contributed by atoms with Crippen molar-refractivity contribution in [2.24, 2.45) is 0 Å². The molecule has 7 heteroatoms. The van der Waals surface area contributed by atoms with Crippen LogP contribution in [-0.4, -0.2) is 80.7 Å². The highest BCUT2D eigenvalue weighted by Gasteiger charge is 2.19. The van der Waals surface area contributed by atoms with E-state index in [1.54, 1.807) is 7.11 Å². The second-order valence-electron chi connectivity index (χ2n) is 7.01. The highest BCUT2D eigenvalue weighted by molar-refractivity contribution is 7.80. The van der Waals surface area contributed by atoms with E-state index in [4.69, 9.17) is 26.4 Å². The number of ether oxygens (including phenoxy) is 3. The van der Waals surface area contributed by atoms with E-state index in [2.05, 4.69) is 21.2 Å². The molecule has 2 saturated heterocycles. The molecule has 2 heterocycles. The van der Waals surface area contributed by atoms with Crippen molar-refractivity contribution in [3.63, 3.8) is 0 Å². The van der Waals surface area contributed by atoms with E-state index < -0.39 is 0 Å². The molecule has 0 aromatic heterocycles. The fourth-order valence-corrected chi connectivity index (χ4v) is 3.74. The molecule has 2 aliphatic heterocycles. The van der Waals surface area contributed by atoms with Gasteiger partial charge in [0, 0.05) is 51.4 Å². The van der Waals surface area contributed by atoms with Gasteiger partial charge in [-0.3, -0.25) is 4.90 Å². The van der Waals surface area contributed by atoms with Gasteiger partial charge in [-0.1, -0.05) is 18.2 Å². The topological polar surface area (TPSA) is 46.2 Å². The zero-order valence-electron chi connectivity index (χ0n) is 16.2. The van der Waals surface area contributed by atoms with Crippen molar-refractivity contribution in [2.75, 3.05) is 59.7 Å². The number of methoxy groups -OCH3 is 1. The third-order valence-corrected chi connectivity index (χ3v) is 5.54. The minimum absolute atomic E-state index is 0.273. The average Bonchev–Trinajstić information content (AvgIpc) is 3.24. The predicted molar refractivity (Wildman–Crippen MR) is 110 cm³/mol. The first-order valence-electron chi connectivity index (χ1n) is 9.82. The lowest BCUT2D eigenvalue weighted by molar-refractivity contribution is 0.0356. The third kappa shape index (κ3) is 6.31. The molecular weight excluding hydrogens is 362 g/mol. The van der Waals surface area contributed by atoms with Crippen LogP contribution in [-0.2, 0) is 16.0 Å². The maximum Gasteiger partial charge on any atom is 0.169 e. The third-order valence-electron chi connectivity index (χ3n) is 5.14. The molecule has 2 aliphatic rings. The van der Waals surface area contributed by atoms with Crippen molar-refractivity contribution in [3.05, 3.63) is 29.8 Å². The number of hydrogen-bond donors (Lipinski definition) is 1. The Kier molecular flexibility index (Phi) is 8.13. The van der Waals surface area contributed by atoms with Crippen LogP contribution < -0.4 is 10.1 Å². The van der Waals surface area contributed by atoms with Crippen LogP contribution in [0.25, 0.3) is 0 Å². The first-order valence-corrected chi connectivity index (χ1v) is 10.2. The fraction of sp³-hybridized carbons (Fsp3) is 0.650. The second-order valence-corrected chi connectivity index (χ2v) is 7.40. The molecule has 0 bridgehead atoms. The Morgan fingerprint density at radius 1 is 1.30 bits per heavy atom. The van der Waals surface area contributed by atoms with Crippen molar-refractivity contribution >= 4 is 17.3 Å². The number of nitrogens with one attached hydrogen (secondary N) is 1. The van der Waals surface area contributed by atoms with Gasteiger partial charge in [-0.15, -0.1) is 0 Å². The molecule has 3 rings (SSSR count). The molecule has 0 saturated carbocycles. The van der Waals surface area contributed by atoms with Gasteiger partial charge in [0.05, 0.1) is 26.4 Å². The Hall–Kier alpha value is -1.41. The number of thiocarbonyl (C=S) groups is 1. The lowest BCUT2D eigenvalue weighted by atomic mass is 10.2. The van der Waals surface area contributed by atoms with Gasteiger partial charge < -0.3 is 24.4 Å². The van der Waals surface area contributed by atoms with Crippen LogP contribution in [0.3, 0.4) is 0 Å². The minimum Gasteiger partial charge on any atom is -0.496 e. The van der Waals surface area contributed by atoms with Gasteiger partial charge in [0.2, 0.25) is 0 Å². The Morgan fingerprint density at radius 2 is 2.11 bits per heavy atom. The minimum atomic E-state index is 0.273. The van der Waals surface area contributed by atoms with Gasteiger partial charge in [-0.2, -0.15) is 0 Å². The van der Waals surface area contributed by atoms with Crippen molar-refractivity contribution in [2.45, 2.75) is 25.5 Å². The summed E-state index contributed by atoms with van der Waals surface area (Å²) in [7, 11) is 1.71. The van der Waals surface area contributed by atoms with E-state index in [1.807, 2.05) is 18.2 Å². The van der Waals surface area contributed by atoms with Crippen molar-refractivity contribution in [3.8, 4) is 5.75 Å². The molecule has 1 unspecified atom stereocenters. The van der Waals surface area contributed by atoms with Gasteiger partial charge in [0.1, 0.15) is 5.75 Å².